The molecule has 4 aromatic rings. The molecule has 2 aromatic carbocycles. The minimum absolute atomic E-state index is 0. The Morgan fingerprint density at radius 1 is 0.567 bits per heavy atom. The van der Waals surface area contributed by atoms with Gasteiger partial charge in [0.15, 0.2) is 0 Å². The van der Waals surface area contributed by atoms with E-state index in [2.05, 4.69) is 94.3 Å². The zero-order chi connectivity index (χ0) is 41.2. The number of hydrogen-bond donors (Lipinski definition) is 6. The predicted molar refractivity (Wildman–Crippen MR) is 227 cm³/mol. The van der Waals surface area contributed by atoms with E-state index in [4.69, 9.17) is 5.84 Å². The Morgan fingerprint density at radius 3 is 1.28 bits per heavy atom. The van der Waals surface area contributed by atoms with Crippen LogP contribution in [0.15, 0.2) is 73.3 Å². The van der Waals surface area contributed by atoms with Crippen molar-refractivity contribution in [2.75, 3.05) is 46.6 Å². The molecule has 15 nitrogen and oxygen atoms in total. The number of anilines is 4. The molecule has 17 heteroatoms. The van der Waals surface area contributed by atoms with Gasteiger partial charge < -0.3 is 20.4 Å². The number of halogens is 2. The van der Waals surface area contributed by atoms with Crippen LogP contribution in [0.3, 0.4) is 0 Å². The maximum Gasteiger partial charge on any atom is 0.317 e. The number of nitrogens with one attached hydrogen (secondary N) is 5. The summed E-state index contributed by atoms with van der Waals surface area (Å²) in [4.78, 5) is 56.2. The number of amides is 3. The second-order valence-corrected chi connectivity index (χ2v) is 15.6. The summed E-state index contributed by atoms with van der Waals surface area (Å²) in [5, 5.41) is 6.89. The first-order valence-corrected chi connectivity index (χ1v) is 20.5. The molecule has 7 N–H and O–H groups in total. The third-order valence-corrected chi connectivity index (χ3v) is 11.9. The molecule has 60 heavy (non-hydrogen) atoms. The van der Waals surface area contributed by atoms with E-state index in [0.29, 0.717) is 17.5 Å². The summed E-state index contributed by atoms with van der Waals surface area (Å²) in [6.07, 6.45) is 16.2. The highest BCUT2D eigenvalue weighted by atomic mass is 19.3. The summed E-state index contributed by atoms with van der Waals surface area (Å²) in [5.41, 5.74) is 10.6. The van der Waals surface area contributed by atoms with E-state index in [0.717, 1.165) is 58.3 Å². The Morgan fingerprint density at radius 2 is 0.950 bits per heavy atom. The van der Waals surface area contributed by atoms with Gasteiger partial charge in [-0.05, 0) is 112 Å². The van der Waals surface area contributed by atoms with Crippen LogP contribution in [0.1, 0.15) is 116 Å². The highest BCUT2D eigenvalue weighted by Crippen LogP contribution is 2.45. The van der Waals surface area contributed by atoms with E-state index >= 15 is 0 Å². The fourth-order valence-electron chi connectivity index (χ4n) is 8.10. The first kappa shape index (κ1) is 43.6. The van der Waals surface area contributed by atoms with Gasteiger partial charge >= 0.3 is 12.3 Å². The largest absolute Gasteiger partial charge is 0.372 e. The number of nitrogen functional groups attached to an aromatic ring is 1. The maximum atomic E-state index is 12.2. The standard InChI is InChI=1S/C22H26F2N6O2.C20H26N6O.CH4/c23-18(24)20(32)29-28-19(31)15-13-25-21(26-14-15)27-22(9-4-10-22)16-5-7-17(8-6-16)30-11-2-1-3-12-30;21-25-18(27)15-13-22-19(23-14-15)24-20(9-4-10-20)16-5-7-17(8-6-16)26-11-2-1-3-12-26;/h5-8,13-14,18H,1-4,9-12H2,(H,28,31)(H,29,32)(H,25,26,27);5-8,13-14H,1-4,9-12,21H2,(H,25,27)(H,22,23,24);1H4. The molecule has 3 amide bonds. The average molecular weight is 827 g/mol. The van der Waals surface area contributed by atoms with Gasteiger partial charge in [0.1, 0.15) is 0 Å². The summed E-state index contributed by atoms with van der Waals surface area (Å²) >= 11 is 0. The van der Waals surface area contributed by atoms with Crippen LogP contribution >= 0.6 is 0 Å². The number of nitrogens with two attached hydrogens (primary N) is 1. The van der Waals surface area contributed by atoms with Crippen molar-refractivity contribution < 1.29 is 23.2 Å². The molecule has 2 aliphatic carbocycles. The lowest BCUT2D eigenvalue weighted by Crippen LogP contribution is -2.44. The molecule has 2 saturated heterocycles. The van der Waals surface area contributed by atoms with Crippen LogP contribution in [-0.2, 0) is 15.9 Å². The lowest BCUT2D eigenvalue weighted by molar-refractivity contribution is -0.132. The molecule has 0 spiro atoms. The number of hydrazine groups is 2. The molecule has 8 rings (SSSR count). The SMILES string of the molecule is C.NNC(=O)c1cnc(NC2(c3ccc(N4CCCCC4)cc3)CCC2)nc1.O=C(NNC(=O)C(F)F)c1cnc(NC2(c3ccc(N4CCCCC4)cc3)CCC2)nc1. The van der Waals surface area contributed by atoms with Crippen LogP contribution in [0.25, 0.3) is 0 Å². The number of nitrogens with zero attached hydrogens (tertiary/aromatic N) is 6. The lowest BCUT2D eigenvalue weighted by atomic mass is 9.72. The fourth-order valence-corrected chi connectivity index (χ4v) is 8.10. The van der Waals surface area contributed by atoms with Crippen LogP contribution in [0, 0.1) is 0 Å². The zero-order valence-electron chi connectivity index (χ0n) is 33.1. The lowest BCUT2D eigenvalue weighted by Gasteiger charge is -2.43. The second-order valence-electron chi connectivity index (χ2n) is 15.6. The van der Waals surface area contributed by atoms with E-state index in [1.807, 2.05) is 5.43 Å². The van der Waals surface area contributed by atoms with Crippen LogP contribution in [0.2, 0.25) is 0 Å². The van der Waals surface area contributed by atoms with Gasteiger partial charge in [0.2, 0.25) is 11.9 Å². The number of piperidine rings is 2. The van der Waals surface area contributed by atoms with Crippen LogP contribution < -0.4 is 42.6 Å². The molecule has 4 aliphatic rings. The highest BCUT2D eigenvalue weighted by molar-refractivity contribution is 5.95. The fraction of sp³-hybridized carbons (Fsp3) is 0.465. The Bertz CT molecular complexity index is 2020. The molecule has 0 atom stereocenters. The average Bonchev–Trinajstić information content (AvgIpc) is 3.26. The molecule has 0 unspecified atom stereocenters. The van der Waals surface area contributed by atoms with Crippen molar-refractivity contribution in [2.45, 2.75) is 102 Å². The van der Waals surface area contributed by atoms with Crippen molar-refractivity contribution in [1.82, 2.24) is 36.2 Å². The van der Waals surface area contributed by atoms with Crippen LogP contribution in [0.4, 0.5) is 32.1 Å². The summed E-state index contributed by atoms with van der Waals surface area (Å²) in [5.74, 6) is 3.28. The number of hydrogen-bond acceptors (Lipinski definition) is 12. The maximum absolute atomic E-state index is 12.2. The Kier molecular flexibility index (Phi) is 14.4. The normalized spacial score (nSPS) is 17.6. The first-order chi connectivity index (χ1) is 28.7. The summed E-state index contributed by atoms with van der Waals surface area (Å²) in [6, 6.07) is 17.6. The monoisotopic (exact) mass is 826 g/mol. The number of benzene rings is 2. The predicted octanol–water partition coefficient (Wildman–Crippen LogP) is 6.18. The smallest absolute Gasteiger partial charge is 0.317 e. The Balaban J connectivity index is 0.000000200. The highest BCUT2D eigenvalue weighted by Gasteiger charge is 2.40. The van der Waals surface area contributed by atoms with E-state index in [1.54, 1.807) is 5.43 Å². The number of rotatable bonds is 11. The summed E-state index contributed by atoms with van der Waals surface area (Å²) in [6.45, 7) is 4.50. The Hall–Kier alpha value is -5.97. The molecule has 2 aliphatic heterocycles. The number of carbonyl (C=O) groups is 3. The van der Waals surface area contributed by atoms with Gasteiger partial charge in [-0.1, -0.05) is 31.7 Å². The minimum atomic E-state index is -3.22. The molecule has 2 aromatic heterocycles. The molecule has 0 bridgehead atoms. The van der Waals surface area contributed by atoms with Gasteiger partial charge in [-0.2, -0.15) is 8.78 Å². The summed E-state index contributed by atoms with van der Waals surface area (Å²) < 4.78 is 24.4. The van der Waals surface area contributed by atoms with Gasteiger partial charge in [-0.3, -0.25) is 30.7 Å². The molecule has 4 heterocycles. The second kappa shape index (κ2) is 19.9. The molecule has 0 radical (unpaired) electrons. The molecular weight excluding hydrogens is 771 g/mol. The van der Waals surface area contributed by atoms with Gasteiger partial charge in [-0.25, -0.2) is 25.8 Å². The van der Waals surface area contributed by atoms with Crippen molar-refractivity contribution in [3.63, 3.8) is 0 Å². The van der Waals surface area contributed by atoms with Gasteiger partial charge in [0.05, 0.1) is 22.2 Å². The van der Waals surface area contributed by atoms with Crippen LogP contribution in [0.5, 0.6) is 0 Å². The van der Waals surface area contributed by atoms with Gasteiger partial charge in [0.25, 0.3) is 11.8 Å². The van der Waals surface area contributed by atoms with Crippen LogP contribution in [-0.4, -0.2) is 70.3 Å². The molecule has 4 fully saturated rings. The molecular formula is C43H56F2N12O3. The third kappa shape index (κ3) is 10.2. The van der Waals surface area contributed by atoms with E-state index < -0.39 is 24.1 Å². The van der Waals surface area contributed by atoms with Crippen molar-refractivity contribution in [1.29, 1.82) is 0 Å². The number of carbonyl (C=O) groups excluding carboxylic acids is 3. The summed E-state index contributed by atoms with van der Waals surface area (Å²) in [7, 11) is 0. The van der Waals surface area contributed by atoms with Crippen molar-refractivity contribution in [3.05, 3.63) is 95.6 Å². The van der Waals surface area contributed by atoms with Crippen molar-refractivity contribution in [2.24, 2.45) is 5.84 Å². The minimum Gasteiger partial charge on any atom is -0.372 e. The third-order valence-electron chi connectivity index (χ3n) is 11.9. The Labute approximate surface area is 349 Å². The molecule has 320 valence electrons. The van der Waals surface area contributed by atoms with Gasteiger partial charge in [0, 0.05) is 62.3 Å². The quantitative estimate of drug-likeness (QED) is 0.0572. The van der Waals surface area contributed by atoms with E-state index in [1.165, 1.54) is 92.2 Å². The first-order valence-electron chi connectivity index (χ1n) is 20.5. The zero-order valence-corrected chi connectivity index (χ0v) is 33.1. The van der Waals surface area contributed by atoms with E-state index in [-0.39, 0.29) is 24.1 Å². The van der Waals surface area contributed by atoms with Gasteiger partial charge in [-0.15, -0.1) is 0 Å². The van der Waals surface area contributed by atoms with E-state index in [9.17, 15) is 23.2 Å². The topological polar surface area (TPSA) is 195 Å². The van der Waals surface area contributed by atoms with Crippen molar-refractivity contribution >= 4 is 41.0 Å². The molecule has 2 saturated carbocycles. The number of alkyl halides is 2. The van der Waals surface area contributed by atoms with Crippen molar-refractivity contribution in [3.8, 4) is 0 Å². The number of aromatic nitrogens is 4.